The van der Waals surface area contributed by atoms with Crippen LogP contribution in [0.25, 0.3) is 0 Å². The van der Waals surface area contributed by atoms with E-state index in [1.165, 1.54) is 12.5 Å². The number of carbonyl (C=O) groups is 1. The Morgan fingerprint density at radius 2 is 2.20 bits per heavy atom. The normalized spacial score (nSPS) is 16.3. The van der Waals surface area contributed by atoms with Gasteiger partial charge in [0.2, 0.25) is 0 Å². The van der Waals surface area contributed by atoms with Gasteiger partial charge in [0.1, 0.15) is 5.69 Å². The topological polar surface area (TPSA) is 98.3 Å². The number of hydrogen-bond donors (Lipinski definition) is 2. The maximum absolute atomic E-state index is 12.1. The molecule has 2 rings (SSSR count). The number of nitrogens with zero attached hydrogens (tertiary/aromatic N) is 1. The Kier molecular flexibility index (Phi) is 4.13. The number of halogens is 1. The van der Waals surface area contributed by atoms with E-state index in [1.54, 1.807) is 0 Å². The molecule has 108 valence electrons. The van der Waals surface area contributed by atoms with Gasteiger partial charge in [-0.3, -0.25) is 14.9 Å². The second kappa shape index (κ2) is 5.66. The quantitative estimate of drug-likeness (QED) is 0.507. The average Bonchev–Trinajstić information content (AvgIpc) is 2.29. The highest BCUT2D eigenvalue weighted by Gasteiger charge is 2.26. The largest absolute Gasteiger partial charge is 0.392 e. The molecule has 0 spiro atoms. The lowest BCUT2D eigenvalue weighted by atomic mass is 9.80. The van der Waals surface area contributed by atoms with Crippen molar-refractivity contribution in [3.8, 4) is 0 Å². The summed E-state index contributed by atoms with van der Waals surface area (Å²) in [6, 6.07) is 2.56. The highest BCUT2D eigenvalue weighted by atomic mass is 35.5. The van der Waals surface area contributed by atoms with Gasteiger partial charge in [-0.25, -0.2) is 0 Å². The van der Waals surface area contributed by atoms with E-state index >= 15 is 0 Å². The van der Waals surface area contributed by atoms with Crippen molar-refractivity contribution >= 4 is 28.9 Å². The fourth-order valence-corrected chi connectivity index (χ4v) is 2.45. The van der Waals surface area contributed by atoms with E-state index in [1.807, 2.05) is 6.92 Å². The molecule has 1 atom stereocenters. The van der Waals surface area contributed by atoms with Gasteiger partial charge < -0.3 is 11.1 Å². The summed E-state index contributed by atoms with van der Waals surface area (Å²) in [5.41, 5.74) is 5.21. The molecule has 1 aromatic rings. The van der Waals surface area contributed by atoms with E-state index in [9.17, 15) is 14.9 Å². The molecular formula is C13H16ClN3O3. The van der Waals surface area contributed by atoms with Crippen LogP contribution in [0.3, 0.4) is 0 Å². The highest BCUT2D eigenvalue weighted by molar-refractivity contribution is 6.34. The van der Waals surface area contributed by atoms with Gasteiger partial charge in [-0.05, 0) is 31.7 Å². The van der Waals surface area contributed by atoms with E-state index < -0.39 is 4.92 Å². The minimum Gasteiger partial charge on any atom is -0.392 e. The van der Waals surface area contributed by atoms with Crippen LogP contribution in [-0.4, -0.2) is 16.9 Å². The minimum absolute atomic E-state index is 0.0145. The van der Waals surface area contributed by atoms with Gasteiger partial charge >= 0.3 is 0 Å². The van der Waals surface area contributed by atoms with Crippen molar-refractivity contribution in [3.05, 3.63) is 32.8 Å². The fraction of sp³-hybridized carbons (Fsp3) is 0.462. The summed E-state index contributed by atoms with van der Waals surface area (Å²) in [5, 5.41) is 13.7. The Labute approximate surface area is 121 Å². The Balaban J connectivity index is 2.19. The molecular weight excluding hydrogens is 282 g/mol. The third kappa shape index (κ3) is 2.85. The number of nitrogens with one attached hydrogen (secondary N) is 1. The predicted octanol–water partition coefficient (Wildman–Crippen LogP) is 2.75. The van der Waals surface area contributed by atoms with Crippen LogP contribution in [0.2, 0.25) is 5.02 Å². The number of rotatable bonds is 4. The Hall–Kier alpha value is -1.82. The number of amides is 1. The number of benzene rings is 1. The molecule has 1 fully saturated rings. The van der Waals surface area contributed by atoms with E-state index in [2.05, 4.69) is 5.32 Å². The number of anilines is 1. The van der Waals surface area contributed by atoms with Crippen molar-refractivity contribution in [2.45, 2.75) is 32.2 Å². The third-order valence-corrected chi connectivity index (χ3v) is 4.09. The van der Waals surface area contributed by atoms with E-state index in [-0.39, 0.29) is 33.9 Å². The van der Waals surface area contributed by atoms with Crippen LogP contribution in [0.15, 0.2) is 12.1 Å². The molecule has 0 bridgehead atoms. The fourth-order valence-electron chi connectivity index (χ4n) is 2.23. The molecule has 0 aliphatic heterocycles. The van der Waals surface area contributed by atoms with E-state index in [4.69, 9.17) is 17.3 Å². The van der Waals surface area contributed by atoms with Gasteiger partial charge in [0.05, 0.1) is 9.95 Å². The summed E-state index contributed by atoms with van der Waals surface area (Å²) in [6.07, 6.45) is 3.39. The van der Waals surface area contributed by atoms with Gasteiger partial charge in [-0.1, -0.05) is 18.0 Å². The molecule has 0 radical (unpaired) electrons. The first-order chi connectivity index (χ1) is 9.40. The van der Waals surface area contributed by atoms with Gasteiger partial charge in [-0.2, -0.15) is 0 Å². The van der Waals surface area contributed by atoms with Crippen LogP contribution in [-0.2, 0) is 0 Å². The SMILES string of the molecule is CC(NC(=O)c1cc(Cl)c(N)c([N+](=O)[O-])c1)C1CCC1. The standard InChI is InChI=1S/C13H16ClN3O3/c1-7(8-3-2-4-8)16-13(18)9-5-10(14)12(15)11(6-9)17(19)20/h5-8H,2-4,15H2,1H3,(H,16,18). The summed E-state index contributed by atoms with van der Waals surface area (Å²) >= 11 is 5.84. The zero-order chi connectivity index (χ0) is 14.9. The van der Waals surface area contributed by atoms with Crippen LogP contribution in [0, 0.1) is 16.0 Å². The number of carbonyl (C=O) groups excluding carboxylic acids is 1. The molecule has 6 nitrogen and oxygen atoms in total. The van der Waals surface area contributed by atoms with Crippen molar-refractivity contribution in [2.75, 3.05) is 5.73 Å². The summed E-state index contributed by atoms with van der Waals surface area (Å²) in [5.74, 6) is 0.118. The maximum Gasteiger partial charge on any atom is 0.294 e. The predicted molar refractivity (Wildman–Crippen MR) is 76.8 cm³/mol. The third-order valence-electron chi connectivity index (χ3n) is 3.78. The first-order valence-electron chi connectivity index (χ1n) is 6.44. The number of nitrogens with two attached hydrogens (primary N) is 1. The lowest BCUT2D eigenvalue weighted by molar-refractivity contribution is -0.383. The van der Waals surface area contributed by atoms with Gasteiger partial charge in [-0.15, -0.1) is 0 Å². The van der Waals surface area contributed by atoms with E-state index in [0.717, 1.165) is 18.9 Å². The minimum atomic E-state index is -0.645. The van der Waals surface area contributed by atoms with Crippen LogP contribution < -0.4 is 11.1 Å². The van der Waals surface area contributed by atoms with E-state index in [0.29, 0.717) is 5.92 Å². The first-order valence-corrected chi connectivity index (χ1v) is 6.82. The van der Waals surface area contributed by atoms with Gasteiger partial charge in [0.15, 0.2) is 0 Å². The average molecular weight is 298 g/mol. The number of nitro groups is 1. The van der Waals surface area contributed by atoms with Gasteiger partial charge in [0.25, 0.3) is 11.6 Å². The summed E-state index contributed by atoms with van der Waals surface area (Å²) in [4.78, 5) is 22.3. The molecule has 1 unspecified atom stereocenters. The molecule has 0 saturated heterocycles. The molecule has 0 heterocycles. The maximum atomic E-state index is 12.1. The van der Waals surface area contributed by atoms with Crippen LogP contribution in [0.5, 0.6) is 0 Å². The molecule has 20 heavy (non-hydrogen) atoms. The Morgan fingerprint density at radius 3 is 2.70 bits per heavy atom. The van der Waals surface area contributed by atoms with Crippen LogP contribution in [0.1, 0.15) is 36.5 Å². The molecule has 7 heteroatoms. The second-order valence-corrected chi connectivity index (χ2v) is 5.51. The molecule has 1 aliphatic rings. The lowest BCUT2D eigenvalue weighted by Gasteiger charge is -2.31. The molecule has 1 amide bonds. The summed E-state index contributed by atoms with van der Waals surface area (Å²) < 4.78 is 0. The number of nitro benzene ring substituents is 1. The molecule has 1 aliphatic carbocycles. The first kappa shape index (κ1) is 14.6. The van der Waals surface area contributed by atoms with Crippen molar-refractivity contribution in [1.29, 1.82) is 0 Å². The Bertz CT molecular complexity index is 558. The summed E-state index contributed by atoms with van der Waals surface area (Å²) in [6.45, 7) is 1.94. The Morgan fingerprint density at radius 1 is 1.55 bits per heavy atom. The molecule has 3 N–H and O–H groups in total. The number of nitrogen functional groups attached to an aromatic ring is 1. The van der Waals surface area contributed by atoms with Crippen LogP contribution in [0.4, 0.5) is 11.4 Å². The summed E-state index contributed by atoms with van der Waals surface area (Å²) in [7, 11) is 0. The highest BCUT2D eigenvalue weighted by Crippen LogP contribution is 2.32. The van der Waals surface area contributed by atoms with Crippen molar-refractivity contribution in [1.82, 2.24) is 5.32 Å². The molecule has 1 saturated carbocycles. The smallest absolute Gasteiger partial charge is 0.294 e. The van der Waals surface area contributed by atoms with Crippen LogP contribution >= 0.6 is 11.6 Å². The van der Waals surface area contributed by atoms with Gasteiger partial charge in [0, 0.05) is 17.7 Å². The monoisotopic (exact) mass is 297 g/mol. The molecule has 1 aromatic carbocycles. The van der Waals surface area contributed by atoms with Crippen molar-refractivity contribution in [2.24, 2.45) is 5.92 Å². The van der Waals surface area contributed by atoms with Crippen molar-refractivity contribution < 1.29 is 9.72 Å². The zero-order valence-electron chi connectivity index (χ0n) is 11.1. The number of hydrogen-bond acceptors (Lipinski definition) is 4. The lowest BCUT2D eigenvalue weighted by Crippen LogP contribution is -2.40. The molecule has 0 aromatic heterocycles. The van der Waals surface area contributed by atoms with Crippen molar-refractivity contribution in [3.63, 3.8) is 0 Å². The zero-order valence-corrected chi connectivity index (χ0v) is 11.8. The second-order valence-electron chi connectivity index (χ2n) is 5.10.